The minimum atomic E-state index is -0.951. The Balaban J connectivity index is 1.56. The first-order valence-electron chi connectivity index (χ1n) is 10.1. The molecule has 0 saturated heterocycles. The molecule has 3 aromatic rings. The van der Waals surface area contributed by atoms with Crippen LogP contribution in [0.25, 0.3) is 0 Å². The number of aliphatic carboxylic acids is 1. The summed E-state index contributed by atoms with van der Waals surface area (Å²) in [5.41, 5.74) is 1.63. The molecule has 0 radical (unpaired) electrons. The molecule has 0 aliphatic carbocycles. The molecule has 0 aliphatic rings. The first kappa shape index (κ1) is 23.2. The number of rotatable bonds is 10. The first-order chi connectivity index (χ1) is 15.3. The quantitative estimate of drug-likeness (QED) is 0.423. The predicted molar refractivity (Wildman–Crippen MR) is 121 cm³/mol. The Kier molecular flexibility index (Phi) is 7.77. The van der Waals surface area contributed by atoms with Crippen LogP contribution >= 0.6 is 11.3 Å². The summed E-state index contributed by atoms with van der Waals surface area (Å²) in [5.74, 6) is 0.622. The van der Waals surface area contributed by atoms with Crippen molar-refractivity contribution < 1.29 is 19.4 Å². The predicted octanol–water partition coefficient (Wildman–Crippen LogP) is 3.59. The fraction of sp³-hybridized carbons (Fsp3) is 0.381. The highest BCUT2D eigenvalue weighted by molar-refractivity contribution is 7.15. The molecule has 3 rings (SSSR count). The monoisotopic (exact) mass is 458 g/mol. The third-order valence-corrected chi connectivity index (χ3v) is 5.30. The zero-order valence-electron chi connectivity index (χ0n) is 18.2. The molecule has 170 valence electrons. The number of aryl methyl sites for hydroxylation is 3. The van der Waals surface area contributed by atoms with E-state index in [4.69, 9.17) is 9.84 Å². The largest absolute Gasteiger partial charge is 0.491 e. The summed E-state index contributed by atoms with van der Waals surface area (Å²) in [6.45, 7) is 6.46. The SMILES string of the molecule is Cc1ccc(NC(=O)Nc2ncc(CCc3nncn3CC(=O)O)s2)c(OCC(C)C)c1. The number of anilines is 2. The van der Waals surface area contributed by atoms with E-state index >= 15 is 0 Å². The number of nitrogens with zero attached hydrogens (tertiary/aromatic N) is 4. The van der Waals surface area contributed by atoms with E-state index in [0.717, 1.165) is 10.4 Å². The van der Waals surface area contributed by atoms with Gasteiger partial charge in [0.15, 0.2) is 5.13 Å². The van der Waals surface area contributed by atoms with Crippen molar-refractivity contribution in [2.24, 2.45) is 5.92 Å². The molecule has 0 unspecified atom stereocenters. The number of carboxylic acids is 1. The Hall–Kier alpha value is -3.47. The lowest BCUT2D eigenvalue weighted by atomic mass is 10.2. The van der Waals surface area contributed by atoms with Gasteiger partial charge in [-0.15, -0.1) is 21.5 Å². The van der Waals surface area contributed by atoms with E-state index in [1.807, 2.05) is 25.1 Å². The molecule has 10 nitrogen and oxygen atoms in total. The summed E-state index contributed by atoms with van der Waals surface area (Å²) in [5, 5.41) is 22.7. The molecule has 0 aliphatic heterocycles. The van der Waals surface area contributed by atoms with E-state index < -0.39 is 12.0 Å². The maximum absolute atomic E-state index is 12.5. The fourth-order valence-corrected chi connectivity index (χ4v) is 3.63. The Labute approximate surface area is 189 Å². The van der Waals surface area contributed by atoms with Gasteiger partial charge in [-0.05, 0) is 37.0 Å². The molecule has 2 amide bonds. The summed E-state index contributed by atoms with van der Waals surface area (Å²) in [6, 6.07) is 5.20. The summed E-state index contributed by atoms with van der Waals surface area (Å²) >= 11 is 1.35. The molecule has 0 bridgehead atoms. The Morgan fingerprint density at radius 1 is 1.25 bits per heavy atom. The Morgan fingerprint density at radius 3 is 2.81 bits per heavy atom. The highest BCUT2D eigenvalue weighted by atomic mass is 32.1. The van der Waals surface area contributed by atoms with Crippen LogP contribution in [-0.4, -0.2) is 43.5 Å². The molecule has 32 heavy (non-hydrogen) atoms. The Morgan fingerprint density at radius 2 is 2.06 bits per heavy atom. The minimum Gasteiger partial charge on any atom is -0.491 e. The van der Waals surface area contributed by atoms with Gasteiger partial charge in [-0.1, -0.05) is 19.9 Å². The van der Waals surface area contributed by atoms with Gasteiger partial charge in [-0.2, -0.15) is 0 Å². The van der Waals surface area contributed by atoms with E-state index in [-0.39, 0.29) is 6.54 Å². The van der Waals surface area contributed by atoms with Crippen LogP contribution in [0.1, 0.15) is 30.1 Å². The van der Waals surface area contributed by atoms with Gasteiger partial charge in [-0.25, -0.2) is 9.78 Å². The number of nitrogens with one attached hydrogen (secondary N) is 2. The van der Waals surface area contributed by atoms with Gasteiger partial charge < -0.3 is 19.7 Å². The number of hydrogen-bond acceptors (Lipinski definition) is 7. The lowest BCUT2D eigenvalue weighted by Crippen LogP contribution is -2.20. The van der Waals surface area contributed by atoms with Gasteiger partial charge in [0.25, 0.3) is 0 Å². The van der Waals surface area contributed by atoms with Crippen molar-refractivity contribution in [2.45, 2.75) is 40.2 Å². The molecular weight excluding hydrogens is 432 g/mol. The summed E-state index contributed by atoms with van der Waals surface area (Å²) < 4.78 is 7.33. The van der Waals surface area contributed by atoms with E-state index in [9.17, 15) is 9.59 Å². The second kappa shape index (κ2) is 10.7. The van der Waals surface area contributed by atoms with Gasteiger partial charge >= 0.3 is 12.0 Å². The molecular formula is C21H26N6O4S. The number of aromatic nitrogens is 4. The van der Waals surface area contributed by atoms with Crippen LogP contribution in [0.15, 0.2) is 30.7 Å². The lowest BCUT2D eigenvalue weighted by Gasteiger charge is -2.14. The number of carbonyl (C=O) groups excluding carboxylic acids is 1. The van der Waals surface area contributed by atoms with Gasteiger partial charge in [0.2, 0.25) is 0 Å². The van der Waals surface area contributed by atoms with Crippen LogP contribution in [0.4, 0.5) is 15.6 Å². The first-order valence-corrected chi connectivity index (χ1v) is 11.0. The molecule has 0 saturated carbocycles. The summed E-state index contributed by atoms with van der Waals surface area (Å²) in [4.78, 5) is 28.5. The van der Waals surface area contributed by atoms with Crippen molar-refractivity contribution in [3.63, 3.8) is 0 Å². The summed E-state index contributed by atoms with van der Waals surface area (Å²) in [6.07, 6.45) is 4.20. The lowest BCUT2D eigenvalue weighted by molar-refractivity contribution is -0.137. The highest BCUT2D eigenvalue weighted by Crippen LogP contribution is 2.27. The van der Waals surface area contributed by atoms with E-state index in [0.29, 0.717) is 47.8 Å². The fourth-order valence-electron chi connectivity index (χ4n) is 2.83. The maximum Gasteiger partial charge on any atom is 0.325 e. The second-order valence-corrected chi connectivity index (χ2v) is 8.80. The number of thiazole rings is 1. The third kappa shape index (κ3) is 6.77. The second-order valence-electron chi connectivity index (χ2n) is 7.68. The normalized spacial score (nSPS) is 10.9. The van der Waals surface area contributed by atoms with Crippen molar-refractivity contribution >= 4 is 34.2 Å². The number of urea groups is 1. The maximum atomic E-state index is 12.5. The van der Waals surface area contributed by atoms with E-state index in [1.54, 1.807) is 6.20 Å². The molecule has 11 heteroatoms. The molecule has 0 fully saturated rings. The molecule has 2 aromatic heterocycles. The minimum absolute atomic E-state index is 0.181. The van der Waals surface area contributed by atoms with E-state index in [2.05, 4.69) is 39.7 Å². The standard InChI is InChI=1S/C21H26N6O4S/c1-13(2)11-31-17-8-14(3)4-6-16(17)24-20(30)25-21-22-9-15(32-21)5-7-18-26-23-12-27(18)10-19(28)29/h4,6,8-9,12-13H,5,7,10-11H2,1-3H3,(H,28,29)(H2,22,24,25,30). The van der Waals surface area contributed by atoms with Gasteiger partial charge in [0, 0.05) is 17.5 Å². The van der Waals surface area contributed by atoms with Crippen molar-refractivity contribution in [1.29, 1.82) is 0 Å². The Bertz CT molecular complexity index is 1080. The zero-order valence-corrected chi connectivity index (χ0v) is 19.0. The number of amides is 2. The number of hydrogen-bond donors (Lipinski definition) is 3. The van der Waals surface area contributed by atoms with Crippen molar-refractivity contribution in [3.05, 3.63) is 47.0 Å². The van der Waals surface area contributed by atoms with Crippen LogP contribution in [0.2, 0.25) is 0 Å². The van der Waals surface area contributed by atoms with E-state index in [1.165, 1.54) is 22.2 Å². The van der Waals surface area contributed by atoms with Gasteiger partial charge in [0.05, 0.1) is 12.3 Å². The molecule has 3 N–H and O–H groups in total. The van der Waals surface area contributed by atoms with Crippen LogP contribution < -0.4 is 15.4 Å². The number of ether oxygens (including phenoxy) is 1. The van der Waals surface area contributed by atoms with Crippen LogP contribution in [0.5, 0.6) is 5.75 Å². The molecule has 0 atom stereocenters. The molecule has 2 heterocycles. The topological polar surface area (TPSA) is 131 Å². The number of carboxylic acid groups (broad SMARTS) is 1. The molecule has 0 spiro atoms. The zero-order chi connectivity index (χ0) is 23.1. The highest BCUT2D eigenvalue weighted by Gasteiger charge is 2.13. The van der Waals surface area contributed by atoms with Gasteiger partial charge in [0.1, 0.15) is 24.4 Å². The number of benzene rings is 1. The number of carbonyl (C=O) groups is 2. The van der Waals surface area contributed by atoms with Crippen LogP contribution in [-0.2, 0) is 24.2 Å². The summed E-state index contributed by atoms with van der Waals surface area (Å²) in [7, 11) is 0. The van der Waals surface area contributed by atoms with Crippen molar-refractivity contribution in [1.82, 2.24) is 19.7 Å². The van der Waals surface area contributed by atoms with Crippen LogP contribution in [0.3, 0.4) is 0 Å². The average molecular weight is 459 g/mol. The van der Waals surface area contributed by atoms with Crippen LogP contribution in [0, 0.1) is 12.8 Å². The molecule has 1 aromatic carbocycles. The third-order valence-electron chi connectivity index (χ3n) is 4.33. The van der Waals surface area contributed by atoms with Crippen molar-refractivity contribution in [2.75, 3.05) is 17.2 Å². The van der Waals surface area contributed by atoms with Crippen molar-refractivity contribution in [3.8, 4) is 5.75 Å². The average Bonchev–Trinajstić information content (AvgIpc) is 3.35. The van der Waals surface area contributed by atoms with Gasteiger partial charge in [-0.3, -0.25) is 10.1 Å². The smallest absolute Gasteiger partial charge is 0.325 e.